The molecule has 0 bridgehead atoms. The van der Waals surface area contributed by atoms with Gasteiger partial charge in [-0.15, -0.1) is 0 Å². The van der Waals surface area contributed by atoms with Gasteiger partial charge in [-0.25, -0.2) is 4.79 Å². The maximum absolute atomic E-state index is 11.7. The lowest BCUT2D eigenvalue weighted by atomic mass is 10.1. The zero-order chi connectivity index (χ0) is 12.5. The maximum Gasteiger partial charge on any atom is 0.333 e. The lowest BCUT2D eigenvalue weighted by Crippen LogP contribution is -2.52. The average Bonchev–Trinajstić information content (AvgIpc) is 2.23. The molecule has 0 saturated carbocycles. The highest BCUT2D eigenvalue weighted by atomic mass is 16.2. The monoisotopic (exact) mass is 222 g/mol. The summed E-state index contributed by atoms with van der Waals surface area (Å²) in [6.07, 6.45) is 3.11. The highest BCUT2D eigenvalue weighted by Gasteiger charge is 2.37. The van der Waals surface area contributed by atoms with Crippen molar-refractivity contribution in [3.63, 3.8) is 0 Å². The number of allylic oxidation sites excluding steroid dienone is 3. The summed E-state index contributed by atoms with van der Waals surface area (Å²) in [5.74, 6) is -1.13. The van der Waals surface area contributed by atoms with Gasteiger partial charge in [0.2, 0.25) is 0 Å². The predicted molar refractivity (Wildman–Crippen MR) is 58.5 cm³/mol. The van der Waals surface area contributed by atoms with Gasteiger partial charge >= 0.3 is 6.03 Å². The SMILES string of the molecule is CC(C)=CC=C1C(=O)N(C)C(=O)N(C)C1=O. The van der Waals surface area contributed by atoms with Crippen molar-refractivity contribution in [1.29, 1.82) is 0 Å². The molecule has 1 fully saturated rings. The number of carbonyl (C=O) groups excluding carboxylic acids is 3. The van der Waals surface area contributed by atoms with Crippen LogP contribution in [0.2, 0.25) is 0 Å². The van der Waals surface area contributed by atoms with Gasteiger partial charge in [-0.1, -0.05) is 11.6 Å². The zero-order valence-electron chi connectivity index (χ0n) is 9.77. The second-order valence-electron chi connectivity index (χ2n) is 3.84. The molecule has 16 heavy (non-hydrogen) atoms. The molecule has 0 aromatic heterocycles. The van der Waals surface area contributed by atoms with Crippen molar-refractivity contribution in [2.24, 2.45) is 0 Å². The van der Waals surface area contributed by atoms with Crippen molar-refractivity contribution in [3.8, 4) is 0 Å². The fourth-order valence-electron chi connectivity index (χ4n) is 1.24. The van der Waals surface area contributed by atoms with Gasteiger partial charge in [0.05, 0.1) is 0 Å². The number of amides is 4. The van der Waals surface area contributed by atoms with Crippen LogP contribution >= 0.6 is 0 Å². The fourth-order valence-corrected chi connectivity index (χ4v) is 1.24. The van der Waals surface area contributed by atoms with Crippen LogP contribution in [0, 0.1) is 0 Å². The van der Waals surface area contributed by atoms with Gasteiger partial charge in [-0.2, -0.15) is 0 Å². The molecule has 0 aromatic carbocycles. The number of imide groups is 2. The normalized spacial score (nSPS) is 16.8. The van der Waals surface area contributed by atoms with E-state index in [2.05, 4.69) is 0 Å². The molecule has 0 aliphatic carbocycles. The van der Waals surface area contributed by atoms with E-state index in [1.165, 1.54) is 20.2 Å². The van der Waals surface area contributed by atoms with Crippen molar-refractivity contribution in [2.45, 2.75) is 13.8 Å². The molecule has 0 unspecified atom stereocenters. The van der Waals surface area contributed by atoms with Crippen molar-refractivity contribution in [1.82, 2.24) is 9.80 Å². The van der Waals surface area contributed by atoms with E-state index in [1.807, 2.05) is 13.8 Å². The first-order chi connectivity index (χ1) is 7.36. The number of carbonyl (C=O) groups is 3. The van der Waals surface area contributed by atoms with Crippen molar-refractivity contribution in [3.05, 3.63) is 23.3 Å². The number of likely N-dealkylation sites (N-methyl/N-ethyl adjacent to an activating group) is 2. The summed E-state index contributed by atoms with van der Waals surface area (Å²) < 4.78 is 0. The Bertz CT molecular complexity index is 391. The Kier molecular flexibility index (Phi) is 3.27. The molecule has 0 aromatic rings. The predicted octanol–water partition coefficient (Wildman–Crippen LogP) is 0.929. The van der Waals surface area contributed by atoms with E-state index >= 15 is 0 Å². The molecule has 0 spiro atoms. The van der Waals surface area contributed by atoms with E-state index < -0.39 is 17.8 Å². The molecule has 5 nitrogen and oxygen atoms in total. The highest BCUT2D eigenvalue weighted by Crippen LogP contribution is 2.14. The number of rotatable bonds is 1. The van der Waals surface area contributed by atoms with Crippen LogP contribution in [0.4, 0.5) is 4.79 Å². The van der Waals surface area contributed by atoms with Gasteiger partial charge in [0.15, 0.2) is 0 Å². The minimum Gasteiger partial charge on any atom is -0.268 e. The third-order valence-corrected chi connectivity index (χ3v) is 2.23. The quantitative estimate of drug-likeness (QED) is 0.490. The molecule has 0 atom stereocenters. The molecule has 1 saturated heterocycles. The summed E-state index contributed by atoms with van der Waals surface area (Å²) in [6.45, 7) is 3.71. The van der Waals surface area contributed by atoms with Crippen LogP contribution in [0.5, 0.6) is 0 Å². The number of barbiturate groups is 1. The summed E-state index contributed by atoms with van der Waals surface area (Å²) in [6, 6.07) is -0.607. The summed E-state index contributed by atoms with van der Waals surface area (Å²) in [7, 11) is 2.70. The third kappa shape index (κ3) is 2.03. The second-order valence-corrected chi connectivity index (χ2v) is 3.84. The molecule has 0 N–H and O–H groups in total. The lowest BCUT2D eigenvalue weighted by molar-refractivity contribution is -0.134. The minimum absolute atomic E-state index is 0.00537. The average molecular weight is 222 g/mol. The maximum atomic E-state index is 11.7. The van der Waals surface area contributed by atoms with E-state index in [9.17, 15) is 14.4 Å². The Morgan fingerprint density at radius 1 is 1.00 bits per heavy atom. The molecule has 1 aliphatic rings. The first kappa shape index (κ1) is 12.2. The first-order valence-corrected chi connectivity index (χ1v) is 4.81. The Balaban J connectivity index is 3.15. The molecular formula is C11H14N2O3. The molecule has 4 amide bonds. The van der Waals surface area contributed by atoms with Crippen LogP contribution in [0.15, 0.2) is 23.3 Å². The summed E-state index contributed by atoms with van der Waals surface area (Å²) in [5.41, 5.74) is 0.973. The zero-order valence-corrected chi connectivity index (χ0v) is 9.77. The molecule has 86 valence electrons. The molecule has 1 rings (SSSR count). The largest absolute Gasteiger partial charge is 0.333 e. The van der Waals surface area contributed by atoms with E-state index in [1.54, 1.807) is 6.08 Å². The molecule has 5 heteroatoms. The molecule has 0 radical (unpaired) electrons. The lowest BCUT2D eigenvalue weighted by Gasteiger charge is -2.28. The summed E-state index contributed by atoms with van der Waals surface area (Å²) in [4.78, 5) is 36.6. The van der Waals surface area contributed by atoms with E-state index in [0.717, 1.165) is 15.4 Å². The van der Waals surface area contributed by atoms with Crippen LogP contribution in [0.25, 0.3) is 0 Å². The van der Waals surface area contributed by atoms with Gasteiger partial charge in [-0.3, -0.25) is 19.4 Å². The summed E-state index contributed by atoms with van der Waals surface area (Å²) >= 11 is 0. The van der Waals surface area contributed by atoms with E-state index in [-0.39, 0.29) is 5.57 Å². The Hall–Kier alpha value is -1.91. The van der Waals surface area contributed by atoms with Gasteiger partial charge < -0.3 is 0 Å². The minimum atomic E-state index is -0.607. The first-order valence-electron chi connectivity index (χ1n) is 4.81. The number of nitrogens with zero attached hydrogens (tertiary/aromatic N) is 2. The number of urea groups is 1. The van der Waals surface area contributed by atoms with Gasteiger partial charge in [-0.05, 0) is 19.9 Å². The van der Waals surface area contributed by atoms with Crippen molar-refractivity contribution >= 4 is 17.8 Å². The van der Waals surface area contributed by atoms with Crippen LogP contribution in [-0.2, 0) is 9.59 Å². The Morgan fingerprint density at radius 2 is 1.44 bits per heavy atom. The third-order valence-electron chi connectivity index (χ3n) is 2.23. The van der Waals surface area contributed by atoms with Crippen LogP contribution in [-0.4, -0.2) is 41.7 Å². The van der Waals surface area contributed by atoms with Gasteiger partial charge in [0, 0.05) is 14.1 Å². The van der Waals surface area contributed by atoms with Crippen molar-refractivity contribution in [2.75, 3.05) is 14.1 Å². The Morgan fingerprint density at radius 3 is 1.81 bits per heavy atom. The molecular weight excluding hydrogens is 208 g/mol. The number of hydrogen-bond donors (Lipinski definition) is 0. The van der Waals surface area contributed by atoms with Gasteiger partial charge in [0.25, 0.3) is 11.8 Å². The fraction of sp³-hybridized carbons (Fsp3) is 0.364. The van der Waals surface area contributed by atoms with E-state index in [4.69, 9.17) is 0 Å². The van der Waals surface area contributed by atoms with Gasteiger partial charge in [0.1, 0.15) is 5.57 Å². The highest BCUT2D eigenvalue weighted by molar-refractivity contribution is 6.28. The number of hydrogen-bond acceptors (Lipinski definition) is 3. The van der Waals surface area contributed by atoms with Crippen LogP contribution in [0.1, 0.15) is 13.8 Å². The van der Waals surface area contributed by atoms with Crippen molar-refractivity contribution < 1.29 is 14.4 Å². The molecule has 1 aliphatic heterocycles. The van der Waals surface area contributed by atoms with Crippen LogP contribution < -0.4 is 0 Å². The smallest absolute Gasteiger partial charge is 0.268 e. The Labute approximate surface area is 94.0 Å². The van der Waals surface area contributed by atoms with Crippen LogP contribution in [0.3, 0.4) is 0 Å². The summed E-state index contributed by atoms with van der Waals surface area (Å²) in [5, 5.41) is 0. The van der Waals surface area contributed by atoms with E-state index in [0.29, 0.717) is 0 Å². The standard InChI is InChI=1S/C11H14N2O3/c1-7(2)5-6-8-9(14)12(3)11(16)13(4)10(8)15/h5-6H,1-4H3. The second kappa shape index (κ2) is 4.30. The topological polar surface area (TPSA) is 57.7 Å². The molecule has 1 heterocycles.